The number of nitrogens with one attached hydrogen (secondary N) is 1. The number of hydrogen-bond acceptors (Lipinski definition) is 5. The average Bonchev–Trinajstić information content (AvgIpc) is 3.33. The van der Waals surface area contributed by atoms with Gasteiger partial charge in [-0.05, 0) is 17.5 Å². The molecule has 0 bridgehead atoms. The number of nitrogens with zero attached hydrogens (tertiary/aromatic N) is 1. The monoisotopic (exact) mass is 422 g/mol. The Morgan fingerprint density at radius 1 is 1.07 bits per heavy atom. The van der Waals surface area contributed by atoms with Gasteiger partial charge in [0.1, 0.15) is 5.01 Å². The molecule has 0 saturated carbocycles. The van der Waals surface area contributed by atoms with Crippen LogP contribution in [0.4, 0.5) is 0 Å². The first-order chi connectivity index (χ1) is 14.1. The molecule has 0 unspecified atom stereocenters. The maximum Gasteiger partial charge on any atom is 0.303 e. The van der Waals surface area contributed by atoms with Crippen molar-refractivity contribution in [3.05, 3.63) is 69.5 Å². The number of amides is 1. The Hall–Kier alpha value is -2.90. The summed E-state index contributed by atoms with van der Waals surface area (Å²) in [6.07, 6.45) is 2.33. The molecular weight excluding hydrogens is 404 g/mol. The third-order valence-corrected chi connectivity index (χ3v) is 6.42. The topological polar surface area (TPSA) is 79.3 Å². The summed E-state index contributed by atoms with van der Waals surface area (Å²) in [6.45, 7) is 0. The summed E-state index contributed by atoms with van der Waals surface area (Å²) in [5.41, 5.74) is 4.01. The number of hydrogen-bond donors (Lipinski definition) is 2. The Morgan fingerprint density at radius 2 is 1.76 bits per heavy atom. The van der Waals surface area contributed by atoms with Crippen LogP contribution in [0.25, 0.3) is 28.5 Å². The van der Waals surface area contributed by atoms with E-state index in [9.17, 15) is 9.59 Å². The van der Waals surface area contributed by atoms with Gasteiger partial charge in [0.15, 0.2) is 0 Å². The summed E-state index contributed by atoms with van der Waals surface area (Å²) < 4.78 is 0. The summed E-state index contributed by atoms with van der Waals surface area (Å²) in [5, 5.41) is 13.4. The molecule has 3 aromatic rings. The van der Waals surface area contributed by atoms with Gasteiger partial charge in [0.25, 0.3) is 0 Å². The summed E-state index contributed by atoms with van der Waals surface area (Å²) in [4.78, 5) is 28.1. The van der Waals surface area contributed by atoms with Gasteiger partial charge in [0, 0.05) is 16.5 Å². The molecule has 1 saturated heterocycles. The van der Waals surface area contributed by atoms with Gasteiger partial charge >= 0.3 is 5.97 Å². The third-order valence-electron chi connectivity index (χ3n) is 4.42. The molecule has 146 valence electrons. The van der Waals surface area contributed by atoms with Crippen molar-refractivity contribution in [2.24, 2.45) is 0 Å². The molecule has 1 amide bonds. The highest BCUT2D eigenvalue weighted by Crippen LogP contribution is 2.33. The maximum atomic E-state index is 11.4. The van der Waals surface area contributed by atoms with Crippen LogP contribution in [0.15, 0.2) is 59.6 Å². The fourth-order valence-electron chi connectivity index (χ4n) is 3.04. The van der Waals surface area contributed by atoms with Crippen LogP contribution in [0.1, 0.15) is 16.3 Å². The first-order valence-corrected chi connectivity index (χ1v) is 10.9. The van der Waals surface area contributed by atoms with Crippen LogP contribution in [0.2, 0.25) is 0 Å². The van der Waals surface area contributed by atoms with Crippen LogP contribution in [-0.2, 0) is 16.0 Å². The molecule has 2 N–H and O–H groups in total. The van der Waals surface area contributed by atoms with Crippen LogP contribution < -0.4 is 5.32 Å². The van der Waals surface area contributed by atoms with E-state index in [2.05, 4.69) is 29.6 Å². The molecule has 1 fully saturated rings. The summed E-state index contributed by atoms with van der Waals surface area (Å²) in [6, 6.07) is 18.3. The van der Waals surface area contributed by atoms with Gasteiger partial charge < -0.3 is 10.4 Å². The quantitative estimate of drug-likeness (QED) is 0.604. The first kappa shape index (κ1) is 19.4. The highest BCUT2D eigenvalue weighted by Gasteiger charge is 2.18. The molecule has 4 rings (SSSR count). The highest BCUT2D eigenvalue weighted by atomic mass is 32.2. The zero-order valence-electron chi connectivity index (χ0n) is 15.4. The molecule has 5 nitrogen and oxygen atoms in total. The van der Waals surface area contributed by atoms with Gasteiger partial charge in [-0.3, -0.25) is 9.59 Å². The van der Waals surface area contributed by atoms with E-state index in [1.54, 1.807) is 0 Å². The van der Waals surface area contributed by atoms with E-state index in [0.717, 1.165) is 37.3 Å². The average molecular weight is 423 g/mol. The number of thiazole rings is 1. The molecule has 2 aromatic carbocycles. The summed E-state index contributed by atoms with van der Waals surface area (Å²) >= 11 is 2.92. The lowest BCUT2D eigenvalue weighted by atomic mass is 10.0. The number of carboxylic acid groups (broad SMARTS) is 1. The Balaban J connectivity index is 1.65. The van der Waals surface area contributed by atoms with Crippen molar-refractivity contribution < 1.29 is 14.7 Å². The summed E-state index contributed by atoms with van der Waals surface area (Å²) in [5.74, 6) is -0.431. The normalized spacial score (nSPS) is 14.9. The SMILES string of the molecule is O=C(O)CCc1sc(/C=C2\NC(=O)CS2)nc1-c1ccc(-c2ccccc2)cc1. The standard InChI is InChI=1S/C22H18N2O3S2/c25-18-13-28-19(23-18)12-20-24-22(17(29-20)10-11-21(26)27)16-8-6-15(7-9-16)14-4-2-1-3-5-14/h1-9,12H,10-11,13H2,(H,23,25)(H,26,27)/b19-12+. The zero-order valence-corrected chi connectivity index (χ0v) is 17.1. The zero-order chi connectivity index (χ0) is 20.2. The van der Waals surface area contributed by atoms with Crippen molar-refractivity contribution in [2.45, 2.75) is 12.8 Å². The number of rotatable bonds is 6. The fourth-order valence-corrected chi connectivity index (χ4v) is 4.89. The number of aryl methyl sites for hydroxylation is 1. The van der Waals surface area contributed by atoms with Gasteiger partial charge in [-0.2, -0.15) is 0 Å². The number of aromatic nitrogens is 1. The third kappa shape index (κ3) is 4.75. The smallest absolute Gasteiger partial charge is 0.303 e. The molecule has 1 aliphatic heterocycles. The van der Waals surface area contributed by atoms with Crippen molar-refractivity contribution in [1.29, 1.82) is 0 Å². The van der Waals surface area contributed by atoms with Crippen LogP contribution in [0.5, 0.6) is 0 Å². The first-order valence-electron chi connectivity index (χ1n) is 9.10. The summed E-state index contributed by atoms with van der Waals surface area (Å²) in [7, 11) is 0. The van der Waals surface area contributed by atoms with Crippen molar-refractivity contribution in [2.75, 3.05) is 5.75 Å². The van der Waals surface area contributed by atoms with E-state index >= 15 is 0 Å². The minimum Gasteiger partial charge on any atom is -0.481 e. The lowest BCUT2D eigenvalue weighted by Crippen LogP contribution is -2.13. The molecule has 0 radical (unpaired) electrons. The van der Waals surface area contributed by atoms with E-state index in [0.29, 0.717) is 12.2 Å². The van der Waals surface area contributed by atoms with Crippen molar-refractivity contribution in [3.63, 3.8) is 0 Å². The Morgan fingerprint density at radius 3 is 2.41 bits per heavy atom. The number of carboxylic acids is 1. The predicted molar refractivity (Wildman–Crippen MR) is 118 cm³/mol. The van der Waals surface area contributed by atoms with Gasteiger partial charge in [-0.25, -0.2) is 4.98 Å². The Kier molecular flexibility index (Phi) is 5.78. The number of benzene rings is 2. The van der Waals surface area contributed by atoms with E-state index in [1.165, 1.54) is 23.1 Å². The van der Waals surface area contributed by atoms with Gasteiger partial charge in [-0.15, -0.1) is 11.3 Å². The molecule has 1 aromatic heterocycles. The minimum atomic E-state index is -0.831. The van der Waals surface area contributed by atoms with Crippen LogP contribution in [-0.4, -0.2) is 27.7 Å². The minimum absolute atomic E-state index is 0.0133. The fraction of sp³-hybridized carbons (Fsp3) is 0.136. The van der Waals surface area contributed by atoms with Crippen LogP contribution in [0, 0.1) is 0 Å². The molecule has 7 heteroatoms. The number of aliphatic carboxylic acids is 1. The van der Waals surface area contributed by atoms with E-state index in [1.807, 2.05) is 36.4 Å². The molecule has 1 aliphatic rings. The van der Waals surface area contributed by atoms with Gasteiger partial charge in [0.05, 0.1) is 22.9 Å². The second-order valence-corrected chi connectivity index (χ2v) is 8.64. The number of thioether (sulfide) groups is 1. The largest absolute Gasteiger partial charge is 0.481 e. The van der Waals surface area contributed by atoms with Gasteiger partial charge in [0.2, 0.25) is 5.91 Å². The second-order valence-electron chi connectivity index (χ2n) is 6.51. The second kappa shape index (κ2) is 8.63. The predicted octanol–water partition coefficient (Wildman–Crippen LogP) is 4.66. The van der Waals surface area contributed by atoms with Gasteiger partial charge in [-0.1, -0.05) is 66.4 Å². The highest BCUT2D eigenvalue weighted by molar-refractivity contribution is 8.04. The van der Waals surface area contributed by atoms with Crippen molar-refractivity contribution >= 4 is 41.1 Å². The van der Waals surface area contributed by atoms with Crippen molar-refractivity contribution in [3.8, 4) is 22.4 Å². The number of carbonyl (C=O) groups is 2. The molecule has 29 heavy (non-hydrogen) atoms. The van der Waals surface area contributed by atoms with Crippen molar-refractivity contribution in [1.82, 2.24) is 10.3 Å². The maximum absolute atomic E-state index is 11.4. The van der Waals surface area contributed by atoms with E-state index < -0.39 is 5.97 Å². The lowest BCUT2D eigenvalue weighted by molar-refractivity contribution is -0.137. The molecule has 0 atom stereocenters. The Labute approximate surface area is 176 Å². The number of carbonyl (C=O) groups excluding carboxylic acids is 1. The van der Waals surface area contributed by atoms with E-state index in [-0.39, 0.29) is 12.3 Å². The lowest BCUT2D eigenvalue weighted by Gasteiger charge is -2.05. The molecule has 2 heterocycles. The molecular formula is C22H18N2O3S2. The Bertz CT molecular complexity index is 1070. The van der Waals surface area contributed by atoms with E-state index in [4.69, 9.17) is 10.1 Å². The molecule has 0 aliphatic carbocycles. The van der Waals surface area contributed by atoms with Crippen LogP contribution >= 0.6 is 23.1 Å². The molecule has 0 spiro atoms. The van der Waals surface area contributed by atoms with Crippen LogP contribution in [0.3, 0.4) is 0 Å².